The first-order valence-electron chi connectivity index (χ1n) is 8.12. The van der Waals surface area contributed by atoms with E-state index in [0.717, 1.165) is 29.1 Å². The second kappa shape index (κ2) is 6.40. The summed E-state index contributed by atoms with van der Waals surface area (Å²) in [5, 5.41) is 7.17. The lowest BCUT2D eigenvalue weighted by Gasteiger charge is -2.38. The fourth-order valence-corrected chi connectivity index (χ4v) is 3.26. The zero-order chi connectivity index (χ0) is 17.3. The molecule has 1 atom stereocenters. The zero-order valence-corrected chi connectivity index (χ0v) is 15.3. The van der Waals surface area contributed by atoms with Gasteiger partial charge in [0, 0.05) is 18.2 Å². The number of nitrogens with one attached hydrogen (secondary N) is 2. The number of anilines is 1. The van der Waals surface area contributed by atoms with Crippen LogP contribution in [0, 0.1) is 13.8 Å². The molecule has 0 bridgehead atoms. The minimum Gasteiger partial charge on any atom is -0.487 e. The lowest BCUT2D eigenvalue weighted by Crippen LogP contribution is -2.42. The lowest BCUT2D eigenvalue weighted by molar-refractivity contribution is 0.0696. The van der Waals surface area contributed by atoms with Gasteiger partial charge in [0.05, 0.1) is 6.04 Å². The molecule has 0 saturated heterocycles. The third-order valence-electron chi connectivity index (χ3n) is 4.09. The second-order valence-corrected chi connectivity index (χ2v) is 7.38. The van der Waals surface area contributed by atoms with Crippen molar-refractivity contribution >= 4 is 23.1 Å². The number of rotatable bonds is 2. The molecule has 0 spiro atoms. The van der Waals surface area contributed by atoms with E-state index < -0.39 is 0 Å². The summed E-state index contributed by atoms with van der Waals surface area (Å²) in [5.74, 6) is 1.68. The highest BCUT2D eigenvalue weighted by molar-refractivity contribution is 7.80. The average molecular weight is 341 g/mol. The molecule has 0 fully saturated rings. The Morgan fingerprint density at radius 2 is 1.96 bits per heavy atom. The second-order valence-electron chi connectivity index (χ2n) is 6.98. The van der Waals surface area contributed by atoms with Gasteiger partial charge in [-0.15, -0.1) is 0 Å². The van der Waals surface area contributed by atoms with E-state index in [1.165, 1.54) is 5.56 Å². The number of nitrogens with zero attached hydrogens (tertiary/aromatic N) is 1. The molecule has 0 saturated carbocycles. The van der Waals surface area contributed by atoms with Gasteiger partial charge in [-0.1, -0.05) is 17.7 Å². The Morgan fingerprint density at radius 1 is 1.21 bits per heavy atom. The van der Waals surface area contributed by atoms with Gasteiger partial charge < -0.3 is 15.4 Å². The van der Waals surface area contributed by atoms with Crippen molar-refractivity contribution in [3.8, 4) is 5.75 Å². The molecule has 126 valence electrons. The van der Waals surface area contributed by atoms with Crippen LogP contribution in [0.25, 0.3) is 0 Å². The van der Waals surface area contributed by atoms with Gasteiger partial charge in [0.25, 0.3) is 0 Å². The Labute approximate surface area is 148 Å². The highest BCUT2D eigenvalue weighted by Gasteiger charge is 2.34. The van der Waals surface area contributed by atoms with E-state index in [9.17, 15) is 0 Å². The SMILES string of the molecule is Cc1ccnc(NC(=S)NC2CC(C)(C)Oc3ccc(C)cc32)c1. The third-order valence-corrected chi connectivity index (χ3v) is 4.30. The first-order chi connectivity index (χ1) is 11.3. The van der Waals surface area contributed by atoms with E-state index >= 15 is 0 Å². The van der Waals surface area contributed by atoms with Crippen molar-refractivity contribution in [2.75, 3.05) is 5.32 Å². The molecule has 2 heterocycles. The highest BCUT2D eigenvalue weighted by Crippen LogP contribution is 2.39. The molecular formula is C19H23N3OS. The topological polar surface area (TPSA) is 46.2 Å². The quantitative estimate of drug-likeness (QED) is 0.798. The van der Waals surface area contributed by atoms with Gasteiger partial charge in [-0.25, -0.2) is 4.98 Å². The maximum absolute atomic E-state index is 6.10. The molecule has 24 heavy (non-hydrogen) atoms. The largest absolute Gasteiger partial charge is 0.487 e. The number of hydrogen-bond acceptors (Lipinski definition) is 3. The molecule has 4 nitrogen and oxygen atoms in total. The van der Waals surface area contributed by atoms with Crippen molar-refractivity contribution in [2.45, 2.75) is 45.8 Å². The predicted molar refractivity (Wildman–Crippen MR) is 102 cm³/mol. The average Bonchev–Trinajstić information content (AvgIpc) is 2.47. The van der Waals surface area contributed by atoms with Gasteiger partial charge in [-0.3, -0.25) is 0 Å². The van der Waals surface area contributed by atoms with E-state index in [0.29, 0.717) is 5.11 Å². The first-order valence-corrected chi connectivity index (χ1v) is 8.53. The summed E-state index contributed by atoms with van der Waals surface area (Å²) in [7, 11) is 0. The van der Waals surface area contributed by atoms with Crippen LogP contribution >= 0.6 is 12.2 Å². The Kier molecular flexibility index (Phi) is 4.45. The molecule has 3 rings (SSSR count). The maximum Gasteiger partial charge on any atom is 0.172 e. The molecule has 1 aromatic heterocycles. The number of aryl methyl sites for hydroxylation is 2. The van der Waals surface area contributed by atoms with Gasteiger partial charge in [-0.2, -0.15) is 0 Å². The van der Waals surface area contributed by atoms with Crippen LogP contribution in [0.15, 0.2) is 36.5 Å². The zero-order valence-electron chi connectivity index (χ0n) is 14.5. The van der Waals surface area contributed by atoms with Gasteiger partial charge in [0.2, 0.25) is 0 Å². The van der Waals surface area contributed by atoms with Crippen LogP contribution in [0.3, 0.4) is 0 Å². The molecule has 1 unspecified atom stereocenters. The molecule has 0 radical (unpaired) electrons. The van der Waals surface area contributed by atoms with Gasteiger partial charge in [0.1, 0.15) is 17.2 Å². The summed E-state index contributed by atoms with van der Waals surface area (Å²) in [4.78, 5) is 4.30. The third kappa shape index (κ3) is 3.85. The fraction of sp³-hybridized carbons (Fsp3) is 0.368. The van der Waals surface area contributed by atoms with Gasteiger partial charge >= 0.3 is 0 Å². The number of hydrogen-bond donors (Lipinski definition) is 2. The molecule has 1 aromatic carbocycles. The van der Waals surface area contributed by atoms with Gasteiger partial charge in [-0.05, 0) is 63.7 Å². The van der Waals surface area contributed by atoms with Crippen molar-refractivity contribution < 1.29 is 4.74 Å². The van der Waals surface area contributed by atoms with E-state index in [1.54, 1.807) is 6.20 Å². The van der Waals surface area contributed by atoms with Crippen LogP contribution in [0.5, 0.6) is 5.75 Å². The highest BCUT2D eigenvalue weighted by atomic mass is 32.1. The van der Waals surface area contributed by atoms with Crippen LogP contribution in [-0.2, 0) is 0 Å². The summed E-state index contributed by atoms with van der Waals surface area (Å²) in [6, 6.07) is 10.3. The summed E-state index contributed by atoms with van der Waals surface area (Å²) < 4.78 is 6.10. The monoisotopic (exact) mass is 341 g/mol. The predicted octanol–water partition coefficient (Wildman–Crippen LogP) is 4.29. The van der Waals surface area contributed by atoms with Crippen LogP contribution in [-0.4, -0.2) is 15.7 Å². The number of thiocarbonyl (C=S) groups is 1. The number of fused-ring (bicyclic) bond motifs is 1. The Bertz CT molecular complexity index is 773. The smallest absolute Gasteiger partial charge is 0.172 e. The molecule has 5 heteroatoms. The van der Waals surface area contributed by atoms with Crippen LogP contribution in [0.1, 0.15) is 43.0 Å². The fourth-order valence-electron chi connectivity index (χ4n) is 3.02. The lowest BCUT2D eigenvalue weighted by atomic mass is 9.89. The van der Waals surface area contributed by atoms with Gasteiger partial charge in [0.15, 0.2) is 5.11 Å². The summed E-state index contributed by atoms with van der Waals surface area (Å²) in [6.45, 7) is 8.32. The molecule has 1 aliphatic heterocycles. The Balaban J connectivity index is 1.79. The molecule has 2 N–H and O–H groups in total. The van der Waals surface area contributed by atoms with Crippen molar-refractivity contribution in [2.24, 2.45) is 0 Å². The molecular weight excluding hydrogens is 318 g/mol. The van der Waals surface area contributed by atoms with Crippen LogP contribution in [0.4, 0.5) is 5.82 Å². The van der Waals surface area contributed by atoms with Crippen molar-refractivity contribution in [3.05, 3.63) is 53.2 Å². The van der Waals surface area contributed by atoms with Crippen LogP contribution in [0.2, 0.25) is 0 Å². The normalized spacial score (nSPS) is 18.2. The molecule has 1 aliphatic rings. The molecule has 2 aromatic rings. The summed E-state index contributed by atoms with van der Waals surface area (Å²) in [5.41, 5.74) is 3.26. The van der Waals surface area contributed by atoms with E-state index in [-0.39, 0.29) is 11.6 Å². The summed E-state index contributed by atoms with van der Waals surface area (Å²) in [6.07, 6.45) is 2.61. The Hall–Kier alpha value is -2.14. The Morgan fingerprint density at radius 3 is 2.71 bits per heavy atom. The summed E-state index contributed by atoms with van der Waals surface area (Å²) >= 11 is 5.49. The van der Waals surface area contributed by atoms with E-state index in [4.69, 9.17) is 17.0 Å². The van der Waals surface area contributed by atoms with Crippen molar-refractivity contribution in [1.82, 2.24) is 10.3 Å². The van der Waals surface area contributed by atoms with Crippen LogP contribution < -0.4 is 15.4 Å². The standard InChI is InChI=1S/C19H23N3OS/c1-12-5-6-16-14(9-12)15(11-19(3,4)23-16)21-18(24)22-17-10-13(2)7-8-20-17/h5-10,15H,11H2,1-4H3,(H2,20,21,22,24). The first kappa shape index (κ1) is 16.7. The number of ether oxygens (including phenoxy) is 1. The van der Waals surface area contributed by atoms with Crippen molar-refractivity contribution in [3.63, 3.8) is 0 Å². The van der Waals surface area contributed by atoms with E-state index in [1.807, 2.05) is 25.1 Å². The molecule has 0 amide bonds. The maximum atomic E-state index is 6.10. The van der Waals surface area contributed by atoms with Crippen molar-refractivity contribution in [1.29, 1.82) is 0 Å². The minimum atomic E-state index is -0.239. The molecule has 0 aliphatic carbocycles. The number of pyridine rings is 1. The number of aromatic nitrogens is 1. The minimum absolute atomic E-state index is 0.105. The number of benzene rings is 1. The van der Waals surface area contributed by atoms with E-state index in [2.05, 4.69) is 48.5 Å².